The van der Waals surface area contributed by atoms with Gasteiger partial charge in [-0.1, -0.05) is 30.3 Å². The summed E-state index contributed by atoms with van der Waals surface area (Å²) < 4.78 is 5.60. The number of nitrogens with two attached hydrogens (primary N) is 2. The zero-order chi connectivity index (χ0) is 17.9. The number of rotatable bonds is 11. The lowest BCUT2D eigenvalue weighted by molar-refractivity contribution is -0.142. The van der Waals surface area contributed by atoms with Crippen molar-refractivity contribution < 1.29 is 19.4 Å². The smallest absolute Gasteiger partial charge is 0.326 e. The van der Waals surface area contributed by atoms with Crippen LogP contribution < -0.4 is 16.8 Å². The van der Waals surface area contributed by atoms with Crippen LogP contribution in [0.3, 0.4) is 0 Å². The summed E-state index contributed by atoms with van der Waals surface area (Å²) in [5, 5.41) is 11.6. The first-order valence-corrected chi connectivity index (χ1v) is 8.10. The van der Waals surface area contributed by atoms with Crippen molar-refractivity contribution in [2.75, 3.05) is 6.54 Å². The minimum Gasteiger partial charge on any atom is -0.480 e. The van der Waals surface area contributed by atoms with Crippen molar-refractivity contribution in [3.05, 3.63) is 35.9 Å². The van der Waals surface area contributed by atoms with Crippen molar-refractivity contribution in [1.29, 1.82) is 0 Å². The molecular weight excluding hydrogens is 310 g/mol. The molecule has 0 saturated heterocycles. The predicted octanol–water partition coefficient (Wildman–Crippen LogP) is 0.617. The van der Waals surface area contributed by atoms with E-state index in [2.05, 4.69) is 5.32 Å². The Morgan fingerprint density at radius 2 is 1.92 bits per heavy atom. The first-order chi connectivity index (χ1) is 11.5. The lowest BCUT2D eigenvalue weighted by atomic mass is 10.1. The number of ether oxygens (including phenoxy) is 1. The normalized spacial score (nSPS) is 14.6. The fraction of sp³-hybridized carbons (Fsp3) is 0.529. The third kappa shape index (κ3) is 7.08. The second kappa shape index (κ2) is 10.7. The van der Waals surface area contributed by atoms with Crippen LogP contribution in [0.15, 0.2) is 30.3 Å². The molecule has 24 heavy (non-hydrogen) atoms. The molecule has 7 nitrogen and oxygen atoms in total. The summed E-state index contributed by atoms with van der Waals surface area (Å²) in [6, 6.07) is 7.63. The van der Waals surface area contributed by atoms with E-state index in [4.69, 9.17) is 16.2 Å². The Kier molecular flexibility index (Phi) is 8.99. The number of amides is 1. The molecule has 0 heterocycles. The van der Waals surface area contributed by atoms with Gasteiger partial charge in [0.05, 0.1) is 12.7 Å². The van der Waals surface area contributed by atoms with Crippen LogP contribution in [0.25, 0.3) is 0 Å². The maximum Gasteiger partial charge on any atom is 0.326 e. The second-order valence-electron chi connectivity index (χ2n) is 5.71. The molecule has 0 bridgehead atoms. The van der Waals surface area contributed by atoms with E-state index in [1.807, 2.05) is 30.3 Å². The topological polar surface area (TPSA) is 128 Å². The zero-order valence-corrected chi connectivity index (χ0v) is 14.0. The molecule has 3 atom stereocenters. The van der Waals surface area contributed by atoms with Crippen LogP contribution in [0.2, 0.25) is 0 Å². The maximum absolute atomic E-state index is 12.1. The number of carbonyl (C=O) groups is 2. The summed E-state index contributed by atoms with van der Waals surface area (Å²) in [5.74, 6) is -1.61. The number of hydrogen-bond donors (Lipinski definition) is 4. The first kappa shape index (κ1) is 20.1. The van der Waals surface area contributed by atoms with E-state index < -0.39 is 30.1 Å². The molecule has 0 aliphatic carbocycles. The van der Waals surface area contributed by atoms with Crippen molar-refractivity contribution in [1.82, 2.24) is 5.32 Å². The van der Waals surface area contributed by atoms with Crippen molar-refractivity contribution >= 4 is 11.9 Å². The summed E-state index contributed by atoms with van der Waals surface area (Å²) in [5.41, 5.74) is 12.2. The van der Waals surface area contributed by atoms with E-state index in [-0.39, 0.29) is 0 Å². The number of carboxylic acids is 1. The van der Waals surface area contributed by atoms with Crippen LogP contribution in [0.1, 0.15) is 31.7 Å². The number of unbranched alkanes of at least 4 members (excludes halogenated alkanes) is 1. The maximum atomic E-state index is 12.1. The molecule has 1 amide bonds. The highest BCUT2D eigenvalue weighted by molar-refractivity contribution is 5.87. The van der Waals surface area contributed by atoms with Gasteiger partial charge in [-0.25, -0.2) is 4.79 Å². The lowest BCUT2D eigenvalue weighted by Gasteiger charge is -2.22. The van der Waals surface area contributed by atoms with Crippen molar-refractivity contribution in [3.63, 3.8) is 0 Å². The average molecular weight is 337 g/mol. The molecule has 0 spiro atoms. The van der Waals surface area contributed by atoms with Crippen LogP contribution in [-0.2, 0) is 20.9 Å². The van der Waals surface area contributed by atoms with E-state index >= 15 is 0 Å². The molecule has 134 valence electrons. The van der Waals surface area contributed by atoms with Crippen molar-refractivity contribution in [2.45, 2.75) is 51.0 Å². The number of carbonyl (C=O) groups excluding carboxylic acids is 1. The highest BCUT2D eigenvalue weighted by atomic mass is 16.5. The molecule has 6 N–H and O–H groups in total. The van der Waals surface area contributed by atoms with Gasteiger partial charge in [0.15, 0.2) is 0 Å². The fourth-order valence-electron chi connectivity index (χ4n) is 2.14. The van der Waals surface area contributed by atoms with Gasteiger partial charge in [0.1, 0.15) is 12.1 Å². The molecule has 0 aliphatic rings. The van der Waals surface area contributed by atoms with E-state index in [9.17, 15) is 14.7 Å². The molecule has 0 aromatic heterocycles. The Hall–Kier alpha value is -1.96. The van der Waals surface area contributed by atoms with Crippen LogP contribution in [0.4, 0.5) is 0 Å². The standard InChI is InChI=1S/C17H27N3O4/c1-12(24-11-13-7-3-2-4-8-13)15(19)16(21)20-14(17(22)23)9-5-6-10-18/h2-4,7-8,12,14-15H,5-6,9-11,18-19H2,1H3,(H,20,21)(H,22,23)/t12-,14+,15+/m1/s1. The summed E-state index contributed by atoms with van der Waals surface area (Å²) in [6.07, 6.45) is 1.12. The molecule has 0 fully saturated rings. The van der Waals surface area contributed by atoms with Gasteiger partial charge in [-0.05, 0) is 38.3 Å². The molecule has 0 radical (unpaired) electrons. The zero-order valence-electron chi connectivity index (χ0n) is 14.0. The number of benzene rings is 1. The molecule has 0 unspecified atom stereocenters. The average Bonchev–Trinajstić information content (AvgIpc) is 2.58. The number of carboxylic acid groups (broad SMARTS) is 1. The van der Waals surface area contributed by atoms with Gasteiger partial charge in [-0.2, -0.15) is 0 Å². The third-order valence-corrected chi connectivity index (χ3v) is 3.73. The lowest BCUT2D eigenvalue weighted by Crippen LogP contribution is -2.52. The van der Waals surface area contributed by atoms with Gasteiger partial charge in [-0.15, -0.1) is 0 Å². The summed E-state index contributed by atoms with van der Waals surface area (Å²) in [7, 11) is 0. The van der Waals surface area contributed by atoms with Gasteiger partial charge >= 0.3 is 5.97 Å². The Morgan fingerprint density at radius 1 is 1.25 bits per heavy atom. The van der Waals surface area contributed by atoms with Crippen molar-refractivity contribution in [3.8, 4) is 0 Å². The monoisotopic (exact) mass is 337 g/mol. The molecule has 1 aromatic carbocycles. The van der Waals surface area contributed by atoms with E-state index in [1.165, 1.54) is 0 Å². The minimum atomic E-state index is -1.08. The predicted molar refractivity (Wildman–Crippen MR) is 91.1 cm³/mol. The Labute approximate surface area is 142 Å². The minimum absolute atomic E-state index is 0.324. The fourth-order valence-corrected chi connectivity index (χ4v) is 2.14. The van der Waals surface area contributed by atoms with Gasteiger partial charge in [0, 0.05) is 0 Å². The molecule has 1 aromatic rings. The molecule has 0 aliphatic heterocycles. The number of hydrogen-bond acceptors (Lipinski definition) is 5. The summed E-state index contributed by atoms with van der Waals surface area (Å²) in [4.78, 5) is 23.4. The largest absolute Gasteiger partial charge is 0.480 e. The van der Waals surface area contributed by atoms with Gasteiger partial charge in [0.25, 0.3) is 0 Å². The van der Waals surface area contributed by atoms with E-state index in [0.29, 0.717) is 32.4 Å². The van der Waals surface area contributed by atoms with Gasteiger partial charge in [0.2, 0.25) is 5.91 Å². The third-order valence-electron chi connectivity index (χ3n) is 3.73. The van der Waals surface area contributed by atoms with Crippen LogP contribution in [-0.4, -0.2) is 41.7 Å². The Morgan fingerprint density at radius 3 is 2.50 bits per heavy atom. The summed E-state index contributed by atoms with van der Waals surface area (Å²) in [6.45, 7) is 2.52. The Balaban J connectivity index is 2.47. The molecule has 7 heteroatoms. The highest BCUT2D eigenvalue weighted by Crippen LogP contribution is 2.07. The van der Waals surface area contributed by atoms with E-state index in [1.54, 1.807) is 6.92 Å². The molecular formula is C17H27N3O4. The van der Waals surface area contributed by atoms with Gasteiger partial charge in [-0.3, -0.25) is 4.79 Å². The Bertz CT molecular complexity index is 510. The number of nitrogens with one attached hydrogen (secondary N) is 1. The van der Waals surface area contributed by atoms with Crippen LogP contribution >= 0.6 is 0 Å². The molecule has 1 rings (SSSR count). The summed E-state index contributed by atoms with van der Waals surface area (Å²) >= 11 is 0. The van der Waals surface area contributed by atoms with Crippen LogP contribution in [0, 0.1) is 0 Å². The second-order valence-corrected chi connectivity index (χ2v) is 5.71. The van der Waals surface area contributed by atoms with Crippen LogP contribution in [0.5, 0.6) is 0 Å². The highest BCUT2D eigenvalue weighted by Gasteiger charge is 2.26. The number of aliphatic carboxylic acids is 1. The molecule has 0 saturated carbocycles. The van der Waals surface area contributed by atoms with Crippen molar-refractivity contribution in [2.24, 2.45) is 11.5 Å². The first-order valence-electron chi connectivity index (χ1n) is 8.10. The van der Waals surface area contributed by atoms with E-state index in [0.717, 1.165) is 5.56 Å². The quantitative estimate of drug-likeness (QED) is 0.438. The SMILES string of the molecule is C[C@@H](OCc1ccccc1)[C@H](N)C(=O)N[C@@H](CCCCN)C(=O)O. The van der Waals surface area contributed by atoms with Gasteiger partial charge < -0.3 is 26.6 Å².